The molecule has 0 aliphatic carbocycles. The summed E-state index contributed by atoms with van der Waals surface area (Å²) in [6.45, 7) is 10.0. The highest BCUT2D eigenvalue weighted by atomic mass is 35.5. The molecule has 1 N–H and O–H groups in total. The third kappa shape index (κ3) is 5.04. The Kier molecular flexibility index (Phi) is 7.77. The van der Waals surface area contributed by atoms with Gasteiger partial charge in [-0.3, -0.25) is 9.69 Å². The minimum atomic E-state index is -0.861. The normalized spacial score (nSPS) is 19.4. The number of piperazine rings is 1. The number of aromatic nitrogens is 2. The Bertz CT molecular complexity index is 1550. The number of hydrogen-bond donors (Lipinski definition) is 1. The van der Waals surface area contributed by atoms with Crippen molar-refractivity contribution in [2.45, 2.75) is 32.0 Å². The highest BCUT2D eigenvalue weighted by Gasteiger charge is 2.36. The van der Waals surface area contributed by atoms with Gasteiger partial charge in [0.1, 0.15) is 22.9 Å². The van der Waals surface area contributed by atoms with E-state index >= 15 is 4.39 Å². The van der Waals surface area contributed by atoms with E-state index in [1.165, 1.54) is 24.3 Å². The molecule has 11 heteroatoms. The van der Waals surface area contributed by atoms with Gasteiger partial charge in [0, 0.05) is 55.3 Å². The molecule has 5 rings (SSSR count). The number of aromatic hydroxyl groups is 1. The van der Waals surface area contributed by atoms with Crippen LogP contribution in [0.25, 0.3) is 22.0 Å². The van der Waals surface area contributed by atoms with Crippen molar-refractivity contribution < 1.29 is 18.7 Å². The largest absolute Gasteiger partial charge is 0.507 e. The summed E-state index contributed by atoms with van der Waals surface area (Å²) in [7, 11) is 1.94. The van der Waals surface area contributed by atoms with Crippen molar-refractivity contribution in [1.82, 2.24) is 19.8 Å². The first kappa shape index (κ1) is 28.6. The number of rotatable bonds is 6. The van der Waals surface area contributed by atoms with Crippen LogP contribution in [-0.2, 0) is 4.79 Å². The zero-order chi connectivity index (χ0) is 29.6. The molecule has 2 aromatic carbocycles. The van der Waals surface area contributed by atoms with E-state index in [-0.39, 0.29) is 45.7 Å². The Morgan fingerprint density at radius 1 is 1.22 bits per heavy atom. The predicted octanol–water partition coefficient (Wildman–Crippen LogP) is 4.30. The number of anilines is 2. The van der Waals surface area contributed by atoms with Crippen LogP contribution in [0.2, 0.25) is 5.02 Å². The molecule has 2 fully saturated rings. The van der Waals surface area contributed by atoms with E-state index in [1.807, 2.05) is 30.7 Å². The number of likely N-dealkylation sites (N-methyl/N-ethyl adjacent to an activating group) is 1. The zero-order valence-electron chi connectivity index (χ0n) is 23.1. The maximum Gasteiger partial charge on any atom is 0.246 e. The van der Waals surface area contributed by atoms with Crippen molar-refractivity contribution in [2.24, 2.45) is 0 Å². The molecule has 2 saturated heterocycles. The molecule has 8 nitrogen and oxygen atoms in total. The van der Waals surface area contributed by atoms with Crippen molar-refractivity contribution in [2.75, 3.05) is 49.6 Å². The number of carbonyl (C=O) groups excluding carboxylic acids is 1. The van der Waals surface area contributed by atoms with Crippen molar-refractivity contribution in [3.8, 4) is 29.2 Å². The van der Waals surface area contributed by atoms with Crippen LogP contribution in [0.4, 0.5) is 20.5 Å². The molecular formula is C30H31ClF2N6O2. The van der Waals surface area contributed by atoms with E-state index in [4.69, 9.17) is 23.0 Å². The van der Waals surface area contributed by atoms with Gasteiger partial charge in [0.15, 0.2) is 5.82 Å². The Hall–Kier alpha value is -3.94. The van der Waals surface area contributed by atoms with Crippen LogP contribution in [0.15, 0.2) is 36.9 Å². The van der Waals surface area contributed by atoms with Crippen molar-refractivity contribution in [3.05, 3.63) is 53.6 Å². The van der Waals surface area contributed by atoms with E-state index in [9.17, 15) is 14.3 Å². The van der Waals surface area contributed by atoms with E-state index in [2.05, 4.69) is 22.4 Å². The van der Waals surface area contributed by atoms with Gasteiger partial charge in [-0.15, -0.1) is 6.42 Å². The Balaban J connectivity index is 1.65. The molecule has 0 spiro atoms. The van der Waals surface area contributed by atoms with Crippen LogP contribution < -0.4 is 9.80 Å². The van der Waals surface area contributed by atoms with E-state index < -0.39 is 17.4 Å². The average molecular weight is 581 g/mol. The van der Waals surface area contributed by atoms with Crippen LogP contribution in [-0.4, -0.2) is 88.7 Å². The van der Waals surface area contributed by atoms with E-state index in [1.54, 1.807) is 4.90 Å². The van der Waals surface area contributed by atoms with Gasteiger partial charge < -0.3 is 19.8 Å². The number of halogens is 3. The Morgan fingerprint density at radius 3 is 2.61 bits per heavy atom. The molecule has 2 aliphatic heterocycles. The summed E-state index contributed by atoms with van der Waals surface area (Å²) >= 11 is 6.58. The van der Waals surface area contributed by atoms with Gasteiger partial charge in [0.25, 0.3) is 0 Å². The van der Waals surface area contributed by atoms with Crippen LogP contribution >= 0.6 is 11.6 Å². The summed E-state index contributed by atoms with van der Waals surface area (Å²) in [5.74, 6) is 1.13. The standard InChI is InChI=1S/C30H31ClF2N6O2/c1-6-11-36(5)19-15-37(16-19)30-34-28-20(12-21(31)25(27(28)33)26-22(32)9-8-10-23(26)40)29(35-30)39-14-17(3)38(13-18(39)4)24(41)7-2/h1,7-10,12,17-19,40H,2,11,13-16H2,3-5H3/t17-,18+/m1/s1. The minimum Gasteiger partial charge on any atom is -0.507 e. The van der Waals surface area contributed by atoms with Crippen molar-refractivity contribution in [1.29, 1.82) is 0 Å². The molecule has 2 aliphatic rings. The summed E-state index contributed by atoms with van der Waals surface area (Å²) in [6, 6.07) is 5.08. The van der Waals surface area contributed by atoms with Gasteiger partial charge in [-0.1, -0.05) is 30.2 Å². The summed E-state index contributed by atoms with van der Waals surface area (Å²) < 4.78 is 31.2. The van der Waals surface area contributed by atoms with Gasteiger partial charge in [0.05, 0.1) is 17.1 Å². The number of amides is 1. The molecular weight excluding hydrogens is 550 g/mol. The molecule has 0 saturated carbocycles. The third-order valence-electron chi connectivity index (χ3n) is 7.92. The lowest BCUT2D eigenvalue weighted by Gasteiger charge is -2.46. The molecule has 214 valence electrons. The first-order valence-electron chi connectivity index (χ1n) is 13.3. The smallest absolute Gasteiger partial charge is 0.246 e. The highest BCUT2D eigenvalue weighted by Crippen LogP contribution is 2.43. The summed E-state index contributed by atoms with van der Waals surface area (Å²) in [6.07, 6.45) is 6.76. The summed E-state index contributed by atoms with van der Waals surface area (Å²) in [5, 5.41) is 10.7. The number of benzene rings is 2. The van der Waals surface area contributed by atoms with Gasteiger partial charge >= 0.3 is 0 Å². The average Bonchev–Trinajstić information content (AvgIpc) is 2.90. The molecule has 41 heavy (non-hydrogen) atoms. The van der Waals surface area contributed by atoms with Crippen LogP contribution in [0, 0.1) is 24.0 Å². The molecule has 0 bridgehead atoms. The second-order valence-electron chi connectivity index (χ2n) is 10.6. The summed E-state index contributed by atoms with van der Waals surface area (Å²) in [5.41, 5.74) is -0.655. The van der Waals surface area contributed by atoms with Crippen molar-refractivity contribution >= 4 is 40.2 Å². The fourth-order valence-corrected chi connectivity index (χ4v) is 5.82. The van der Waals surface area contributed by atoms with Gasteiger partial charge in [0.2, 0.25) is 11.9 Å². The van der Waals surface area contributed by atoms with Crippen LogP contribution in [0.3, 0.4) is 0 Å². The number of phenols is 1. The number of fused-ring (bicyclic) bond motifs is 1. The van der Waals surface area contributed by atoms with E-state index in [0.29, 0.717) is 49.9 Å². The lowest BCUT2D eigenvalue weighted by molar-refractivity contribution is -0.128. The highest BCUT2D eigenvalue weighted by molar-refractivity contribution is 6.34. The minimum absolute atomic E-state index is 0.0445. The monoisotopic (exact) mass is 580 g/mol. The number of phenolic OH excluding ortho intramolecular Hbond substituents is 1. The Labute approximate surface area is 242 Å². The fourth-order valence-electron chi connectivity index (χ4n) is 5.53. The first-order chi connectivity index (χ1) is 19.5. The maximum atomic E-state index is 16.4. The molecule has 3 heterocycles. The fraction of sp³-hybridized carbons (Fsp3) is 0.367. The lowest BCUT2D eigenvalue weighted by Crippen LogP contribution is -2.59. The maximum absolute atomic E-state index is 16.4. The molecule has 3 aromatic rings. The van der Waals surface area contributed by atoms with Crippen LogP contribution in [0.1, 0.15) is 13.8 Å². The SMILES string of the molecule is C#CCN(C)C1CN(c2nc(N3C[C@@H](C)N(C(=O)C=C)C[C@@H]3C)c3cc(Cl)c(-c4c(O)cccc4F)c(F)c3n2)C1. The molecule has 1 amide bonds. The second-order valence-corrected chi connectivity index (χ2v) is 11.1. The second kappa shape index (κ2) is 11.1. The number of hydrogen-bond acceptors (Lipinski definition) is 7. The third-order valence-corrected chi connectivity index (χ3v) is 8.22. The predicted molar refractivity (Wildman–Crippen MR) is 157 cm³/mol. The Morgan fingerprint density at radius 2 is 1.95 bits per heavy atom. The molecule has 0 radical (unpaired) electrons. The van der Waals surface area contributed by atoms with E-state index in [0.717, 1.165) is 6.07 Å². The van der Waals surface area contributed by atoms with Gasteiger partial charge in [-0.2, -0.15) is 4.98 Å². The number of carbonyl (C=O) groups is 1. The lowest BCUT2D eigenvalue weighted by atomic mass is 10.00. The number of terminal acetylenes is 1. The number of nitrogens with zero attached hydrogens (tertiary/aromatic N) is 6. The van der Waals surface area contributed by atoms with Crippen LogP contribution in [0.5, 0.6) is 5.75 Å². The van der Waals surface area contributed by atoms with Crippen molar-refractivity contribution in [3.63, 3.8) is 0 Å². The molecule has 1 aromatic heterocycles. The zero-order valence-corrected chi connectivity index (χ0v) is 23.9. The first-order valence-corrected chi connectivity index (χ1v) is 13.7. The molecule has 2 atom stereocenters. The van der Waals surface area contributed by atoms with Gasteiger partial charge in [-0.05, 0) is 45.2 Å². The summed E-state index contributed by atoms with van der Waals surface area (Å²) in [4.78, 5) is 29.7. The quantitative estimate of drug-likeness (QED) is 0.344. The molecule has 0 unspecified atom stereocenters. The van der Waals surface area contributed by atoms with Gasteiger partial charge in [-0.25, -0.2) is 13.8 Å². The topological polar surface area (TPSA) is 76.0 Å².